The highest BCUT2D eigenvalue weighted by Gasteiger charge is 2.15. The van der Waals surface area contributed by atoms with Gasteiger partial charge in [0, 0.05) is 18.3 Å². The number of ether oxygens (including phenoxy) is 1. The summed E-state index contributed by atoms with van der Waals surface area (Å²) in [6.45, 7) is 2.70. The second-order valence-electron chi connectivity index (χ2n) is 5.46. The smallest absolute Gasteiger partial charge is 0.234 e. The summed E-state index contributed by atoms with van der Waals surface area (Å²) < 4.78 is 7.15. The number of anilines is 1. The maximum Gasteiger partial charge on any atom is 0.234 e. The molecule has 0 aliphatic carbocycles. The molecule has 3 aromatic rings. The first-order valence-electron chi connectivity index (χ1n) is 8.23. The molecule has 0 spiro atoms. The van der Waals surface area contributed by atoms with Crippen molar-refractivity contribution in [1.82, 2.24) is 19.7 Å². The van der Waals surface area contributed by atoms with E-state index in [2.05, 4.69) is 20.5 Å². The zero-order chi connectivity index (χ0) is 19.2. The summed E-state index contributed by atoms with van der Waals surface area (Å²) in [5.74, 6) is 1.53. The van der Waals surface area contributed by atoms with Crippen molar-refractivity contribution in [3.63, 3.8) is 0 Å². The molecule has 0 aliphatic heterocycles. The van der Waals surface area contributed by atoms with Crippen molar-refractivity contribution >= 4 is 35.0 Å². The highest BCUT2D eigenvalue weighted by atomic mass is 35.5. The second-order valence-corrected chi connectivity index (χ2v) is 6.76. The maximum absolute atomic E-state index is 12.2. The van der Waals surface area contributed by atoms with Gasteiger partial charge in [0.05, 0.1) is 18.6 Å². The van der Waals surface area contributed by atoms with Crippen molar-refractivity contribution < 1.29 is 9.53 Å². The lowest BCUT2D eigenvalue weighted by molar-refractivity contribution is -0.113. The number of nitrogens with one attached hydrogen (secondary N) is 1. The molecule has 1 N–H and O–H groups in total. The van der Waals surface area contributed by atoms with Gasteiger partial charge in [-0.2, -0.15) is 0 Å². The van der Waals surface area contributed by atoms with Crippen LogP contribution in [-0.4, -0.2) is 38.5 Å². The van der Waals surface area contributed by atoms with Crippen LogP contribution in [0.4, 0.5) is 5.69 Å². The van der Waals surface area contributed by atoms with Gasteiger partial charge in [0.25, 0.3) is 0 Å². The number of hydrogen-bond acceptors (Lipinski definition) is 6. The third-order valence-electron chi connectivity index (χ3n) is 3.75. The molecule has 2 heterocycles. The SMILES string of the molecule is CCn1c(SCC(=O)Nc2cccnc2Cl)nnc1-c1ccc(OC)cc1. The van der Waals surface area contributed by atoms with Crippen LogP contribution in [0.25, 0.3) is 11.4 Å². The van der Waals surface area contributed by atoms with Gasteiger partial charge >= 0.3 is 0 Å². The predicted octanol–water partition coefficient (Wildman–Crippen LogP) is 3.75. The fourth-order valence-corrected chi connectivity index (χ4v) is 3.40. The standard InChI is InChI=1S/C18H18ClN5O2S/c1-3-24-17(12-6-8-13(26-2)9-7-12)22-23-18(24)27-11-15(25)21-14-5-4-10-20-16(14)19/h4-10H,3,11H2,1-2H3,(H,21,25). The van der Waals surface area contributed by atoms with E-state index in [-0.39, 0.29) is 16.8 Å². The van der Waals surface area contributed by atoms with Gasteiger partial charge in [0.15, 0.2) is 16.1 Å². The Kier molecular flexibility index (Phi) is 6.31. The number of aromatic nitrogens is 4. The summed E-state index contributed by atoms with van der Waals surface area (Å²) in [6, 6.07) is 11.0. The molecule has 0 saturated carbocycles. The third-order valence-corrected chi connectivity index (χ3v) is 5.01. The van der Waals surface area contributed by atoms with E-state index < -0.39 is 0 Å². The number of methoxy groups -OCH3 is 1. The summed E-state index contributed by atoms with van der Waals surface area (Å²) in [5.41, 5.74) is 1.42. The fourth-order valence-electron chi connectivity index (χ4n) is 2.43. The zero-order valence-electron chi connectivity index (χ0n) is 14.8. The van der Waals surface area contributed by atoms with Crippen LogP contribution in [0.1, 0.15) is 6.92 Å². The van der Waals surface area contributed by atoms with Crippen molar-refractivity contribution in [3.8, 4) is 17.1 Å². The molecule has 140 valence electrons. The number of thioether (sulfide) groups is 1. The molecule has 7 nitrogen and oxygen atoms in total. The highest BCUT2D eigenvalue weighted by molar-refractivity contribution is 7.99. The third kappa shape index (κ3) is 4.58. The first-order chi connectivity index (χ1) is 13.1. The molecule has 9 heteroatoms. The number of benzene rings is 1. The molecule has 0 fully saturated rings. The van der Waals surface area contributed by atoms with Crippen molar-refractivity contribution in [2.24, 2.45) is 0 Å². The molecule has 3 rings (SSSR count). The van der Waals surface area contributed by atoms with Gasteiger partial charge in [-0.15, -0.1) is 10.2 Å². The number of pyridine rings is 1. The minimum absolute atomic E-state index is 0.186. The molecular formula is C18H18ClN5O2S. The molecule has 0 atom stereocenters. The van der Waals surface area contributed by atoms with Crippen molar-refractivity contribution in [2.75, 3.05) is 18.2 Å². The van der Waals surface area contributed by atoms with Gasteiger partial charge in [-0.3, -0.25) is 4.79 Å². The lowest BCUT2D eigenvalue weighted by Gasteiger charge is -2.08. The van der Waals surface area contributed by atoms with E-state index in [0.29, 0.717) is 17.4 Å². The van der Waals surface area contributed by atoms with Crippen LogP contribution in [0, 0.1) is 0 Å². The Bertz CT molecular complexity index is 930. The van der Waals surface area contributed by atoms with Crippen LogP contribution in [0.2, 0.25) is 5.15 Å². The Morgan fingerprint density at radius 3 is 2.70 bits per heavy atom. The lowest BCUT2D eigenvalue weighted by Crippen LogP contribution is -2.15. The lowest BCUT2D eigenvalue weighted by atomic mass is 10.2. The average Bonchev–Trinajstić information content (AvgIpc) is 3.11. The summed E-state index contributed by atoms with van der Waals surface area (Å²) in [5, 5.41) is 12.2. The predicted molar refractivity (Wildman–Crippen MR) is 106 cm³/mol. The first kappa shape index (κ1) is 19.2. The van der Waals surface area contributed by atoms with E-state index in [1.54, 1.807) is 25.4 Å². The van der Waals surface area contributed by atoms with E-state index in [1.807, 2.05) is 35.8 Å². The number of carbonyl (C=O) groups excluding carboxylic acids is 1. The second kappa shape index (κ2) is 8.88. The highest BCUT2D eigenvalue weighted by Crippen LogP contribution is 2.26. The molecule has 1 aromatic carbocycles. The summed E-state index contributed by atoms with van der Waals surface area (Å²) in [6.07, 6.45) is 1.57. The Labute approximate surface area is 166 Å². The number of halogens is 1. The van der Waals surface area contributed by atoms with Crippen LogP contribution < -0.4 is 10.1 Å². The topological polar surface area (TPSA) is 81.9 Å². The molecule has 0 bridgehead atoms. The summed E-state index contributed by atoms with van der Waals surface area (Å²) in [4.78, 5) is 16.1. The quantitative estimate of drug-likeness (QED) is 0.478. The number of hydrogen-bond donors (Lipinski definition) is 1. The molecule has 0 aliphatic rings. The summed E-state index contributed by atoms with van der Waals surface area (Å²) >= 11 is 7.28. The number of nitrogens with zero attached hydrogens (tertiary/aromatic N) is 4. The minimum Gasteiger partial charge on any atom is -0.497 e. The van der Waals surface area contributed by atoms with Gasteiger partial charge in [-0.25, -0.2) is 4.98 Å². The normalized spacial score (nSPS) is 10.6. The van der Waals surface area contributed by atoms with Crippen LogP contribution in [-0.2, 0) is 11.3 Å². The van der Waals surface area contributed by atoms with Gasteiger partial charge in [0.2, 0.25) is 5.91 Å². The van der Waals surface area contributed by atoms with E-state index in [1.165, 1.54) is 11.8 Å². The maximum atomic E-state index is 12.2. The van der Waals surface area contributed by atoms with Gasteiger partial charge in [-0.05, 0) is 43.3 Å². The molecule has 0 radical (unpaired) electrons. The number of amides is 1. The Balaban J connectivity index is 1.69. The Morgan fingerprint density at radius 2 is 2.04 bits per heavy atom. The number of carbonyl (C=O) groups is 1. The Hall–Kier alpha value is -2.58. The summed E-state index contributed by atoms with van der Waals surface area (Å²) in [7, 11) is 1.63. The average molecular weight is 404 g/mol. The zero-order valence-corrected chi connectivity index (χ0v) is 16.4. The molecule has 0 unspecified atom stereocenters. The molecular weight excluding hydrogens is 386 g/mol. The van der Waals surface area contributed by atoms with E-state index >= 15 is 0 Å². The van der Waals surface area contributed by atoms with E-state index in [9.17, 15) is 4.79 Å². The van der Waals surface area contributed by atoms with Crippen LogP contribution in [0.15, 0.2) is 47.8 Å². The monoisotopic (exact) mass is 403 g/mol. The molecule has 2 aromatic heterocycles. The fraction of sp³-hybridized carbons (Fsp3) is 0.222. The first-order valence-corrected chi connectivity index (χ1v) is 9.59. The van der Waals surface area contributed by atoms with Crippen molar-refractivity contribution in [2.45, 2.75) is 18.6 Å². The van der Waals surface area contributed by atoms with Crippen LogP contribution in [0.3, 0.4) is 0 Å². The van der Waals surface area contributed by atoms with Crippen LogP contribution in [0.5, 0.6) is 5.75 Å². The van der Waals surface area contributed by atoms with Crippen molar-refractivity contribution in [3.05, 3.63) is 47.7 Å². The van der Waals surface area contributed by atoms with Crippen molar-refractivity contribution in [1.29, 1.82) is 0 Å². The van der Waals surface area contributed by atoms with Crippen LogP contribution >= 0.6 is 23.4 Å². The van der Waals surface area contributed by atoms with E-state index in [4.69, 9.17) is 16.3 Å². The molecule has 0 saturated heterocycles. The molecule has 1 amide bonds. The Morgan fingerprint density at radius 1 is 1.26 bits per heavy atom. The molecule has 27 heavy (non-hydrogen) atoms. The van der Waals surface area contributed by atoms with E-state index in [0.717, 1.165) is 17.1 Å². The number of rotatable bonds is 7. The van der Waals surface area contributed by atoms with Gasteiger partial charge < -0.3 is 14.6 Å². The largest absolute Gasteiger partial charge is 0.497 e. The van der Waals surface area contributed by atoms with Gasteiger partial charge in [0.1, 0.15) is 5.75 Å². The van der Waals surface area contributed by atoms with Gasteiger partial charge in [-0.1, -0.05) is 23.4 Å². The minimum atomic E-state index is -0.188.